The molecule has 0 unspecified atom stereocenters. The number of Topliss-reactive ketones (excluding diaryl/α,β-unsaturated/α-hetero) is 1. The summed E-state index contributed by atoms with van der Waals surface area (Å²) >= 11 is 0. The minimum Gasteiger partial charge on any atom is -0.342 e. The summed E-state index contributed by atoms with van der Waals surface area (Å²) < 4.78 is 13.5. The molecule has 146 valence electrons. The summed E-state index contributed by atoms with van der Waals surface area (Å²) in [7, 11) is 0. The van der Waals surface area contributed by atoms with Crippen LogP contribution in [0.1, 0.15) is 74.8 Å². The van der Waals surface area contributed by atoms with Crippen molar-refractivity contribution in [1.29, 1.82) is 0 Å². The number of hydrogen-bond acceptors (Lipinski definition) is 3. The molecule has 5 rings (SSSR count). The number of allylic oxidation sites excluding steroid dienone is 2. The van der Waals surface area contributed by atoms with E-state index in [0.717, 1.165) is 53.2 Å². The van der Waals surface area contributed by atoms with Crippen molar-refractivity contribution in [3.8, 4) is 0 Å². The number of carbonyl (C=O) groups is 1. The van der Waals surface area contributed by atoms with Gasteiger partial charge in [0.1, 0.15) is 6.67 Å². The van der Waals surface area contributed by atoms with Crippen molar-refractivity contribution in [3.63, 3.8) is 0 Å². The highest BCUT2D eigenvalue weighted by Crippen LogP contribution is 2.55. The van der Waals surface area contributed by atoms with Crippen LogP contribution in [0.3, 0.4) is 0 Å². The van der Waals surface area contributed by atoms with Gasteiger partial charge in [0.2, 0.25) is 0 Å². The van der Waals surface area contributed by atoms with E-state index >= 15 is 0 Å². The number of halogens is 1. The maximum atomic E-state index is 13.5. The fourth-order valence-electron chi connectivity index (χ4n) is 5.15. The summed E-state index contributed by atoms with van der Waals surface area (Å²) in [6, 6.07) is 7.63. The number of fused-ring (bicyclic) bond motifs is 1. The van der Waals surface area contributed by atoms with E-state index in [2.05, 4.69) is 36.3 Å². The number of nitrogens with zero attached hydrogens (tertiary/aromatic N) is 1. The van der Waals surface area contributed by atoms with Crippen LogP contribution in [0.4, 0.5) is 10.2 Å². The molecule has 5 heteroatoms. The number of rotatable bonds is 3. The molecule has 1 saturated carbocycles. The summed E-state index contributed by atoms with van der Waals surface area (Å²) in [5, 5.41) is 11.3. The minimum atomic E-state index is -0.625. The first-order valence-corrected chi connectivity index (χ1v) is 10.1. The van der Waals surface area contributed by atoms with Crippen molar-refractivity contribution in [2.45, 2.75) is 64.5 Å². The van der Waals surface area contributed by atoms with Gasteiger partial charge in [0.15, 0.2) is 11.6 Å². The zero-order chi connectivity index (χ0) is 19.7. The van der Waals surface area contributed by atoms with Gasteiger partial charge < -0.3 is 5.32 Å². The SMILES string of the molecule is CC1(C)CC(=O)C2=C(C1)Nc1n[nH]c(C3CC3)c1[C@@]2(C)c1cccc(CF)c1. The van der Waals surface area contributed by atoms with Crippen LogP contribution in [0.25, 0.3) is 0 Å². The van der Waals surface area contributed by atoms with E-state index in [1.807, 2.05) is 18.2 Å². The summed E-state index contributed by atoms with van der Waals surface area (Å²) in [5.74, 6) is 1.47. The van der Waals surface area contributed by atoms with Gasteiger partial charge in [-0.15, -0.1) is 0 Å². The molecule has 4 nitrogen and oxygen atoms in total. The first kappa shape index (κ1) is 17.7. The van der Waals surface area contributed by atoms with E-state index in [4.69, 9.17) is 0 Å². The third-order valence-electron chi connectivity index (χ3n) is 6.58. The second kappa shape index (κ2) is 5.79. The van der Waals surface area contributed by atoms with E-state index in [-0.39, 0.29) is 11.2 Å². The average Bonchev–Trinajstić information content (AvgIpc) is 3.40. The third kappa shape index (κ3) is 2.48. The Kier molecular flexibility index (Phi) is 3.65. The fraction of sp³-hybridized carbons (Fsp3) is 0.478. The molecule has 1 aliphatic heterocycles. The standard InChI is InChI=1S/C23H26FN3O/c1-22(2)10-16-18(17(28)11-22)23(3,15-6-4-5-13(9-15)12-24)19-20(14-7-8-14)26-27-21(19)25-16/h4-6,9,14H,7-8,10-12H2,1-3H3,(H2,25,26,27)/t23-/m0/s1. The van der Waals surface area contributed by atoms with Gasteiger partial charge in [-0.1, -0.05) is 38.1 Å². The Morgan fingerprint density at radius 3 is 2.71 bits per heavy atom. The molecular weight excluding hydrogens is 353 g/mol. The molecule has 3 aliphatic rings. The Balaban J connectivity index is 1.79. The van der Waals surface area contributed by atoms with E-state index in [1.165, 1.54) is 0 Å². The zero-order valence-corrected chi connectivity index (χ0v) is 16.7. The van der Waals surface area contributed by atoms with Crippen LogP contribution in [0, 0.1) is 5.41 Å². The van der Waals surface area contributed by atoms with Crippen molar-refractivity contribution >= 4 is 11.6 Å². The van der Waals surface area contributed by atoms with Crippen LogP contribution in [0.15, 0.2) is 35.5 Å². The average molecular weight is 379 g/mol. The highest BCUT2D eigenvalue weighted by Gasteiger charge is 2.51. The summed E-state index contributed by atoms with van der Waals surface area (Å²) in [6.45, 7) is 5.87. The normalized spacial score (nSPS) is 25.9. The van der Waals surface area contributed by atoms with Gasteiger partial charge in [0.25, 0.3) is 0 Å². The molecular formula is C23H26FN3O. The van der Waals surface area contributed by atoms with Gasteiger partial charge in [0.05, 0.1) is 5.41 Å². The lowest BCUT2D eigenvalue weighted by Gasteiger charge is -2.44. The highest BCUT2D eigenvalue weighted by atomic mass is 19.1. The Bertz CT molecular complexity index is 1010. The van der Waals surface area contributed by atoms with Crippen LogP contribution in [0.5, 0.6) is 0 Å². The van der Waals surface area contributed by atoms with Crippen molar-refractivity contribution < 1.29 is 9.18 Å². The van der Waals surface area contributed by atoms with Crippen molar-refractivity contribution in [1.82, 2.24) is 10.2 Å². The van der Waals surface area contributed by atoms with E-state index in [1.54, 1.807) is 6.07 Å². The lowest BCUT2D eigenvalue weighted by molar-refractivity contribution is -0.118. The highest BCUT2D eigenvalue weighted by molar-refractivity contribution is 6.03. The quantitative estimate of drug-likeness (QED) is 0.777. The lowest BCUT2D eigenvalue weighted by atomic mass is 9.61. The van der Waals surface area contributed by atoms with E-state index < -0.39 is 12.1 Å². The molecule has 2 aliphatic carbocycles. The van der Waals surface area contributed by atoms with Crippen molar-refractivity contribution in [3.05, 3.63) is 57.9 Å². The predicted octanol–water partition coefficient (Wildman–Crippen LogP) is 5.13. The molecule has 0 saturated heterocycles. The number of carbonyl (C=O) groups excluding carboxylic acids is 1. The maximum Gasteiger partial charge on any atom is 0.162 e. The molecule has 28 heavy (non-hydrogen) atoms. The fourth-order valence-corrected chi connectivity index (χ4v) is 5.15. The number of nitrogens with one attached hydrogen (secondary N) is 2. The van der Waals surface area contributed by atoms with Crippen molar-refractivity contribution in [2.75, 3.05) is 5.32 Å². The van der Waals surface area contributed by atoms with Crippen LogP contribution < -0.4 is 5.32 Å². The van der Waals surface area contributed by atoms with Crippen LogP contribution >= 0.6 is 0 Å². The van der Waals surface area contributed by atoms with Gasteiger partial charge in [-0.2, -0.15) is 5.10 Å². The predicted molar refractivity (Wildman–Crippen MR) is 107 cm³/mol. The Morgan fingerprint density at radius 2 is 2.00 bits per heavy atom. The Hall–Kier alpha value is -2.43. The van der Waals surface area contributed by atoms with Gasteiger partial charge >= 0.3 is 0 Å². The lowest BCUT2D eigenvalue weighted by Crippen LogP contribution is -2.42. The number of anilines is 1. The molecule has 0 bridgehead atoms. The summed E-state index contributed by atoms with van der Waals surface area (Å²) in [5.41, 5.74) is 4.89. The second-order valence-corrected chi connectivity index (χ2v) is 9.51. The molecule has 2 aromatic rings. The zero-order valence-electron chi connectivity index (χ0n) is 16.7. The second-order valence-electron chi connectivity index (χ2n) is 9.51. The van der Waals surface area contributed by atoms with E-state index in [0.29, 0.717) is 17.9 Å². The molecule has 1 atom stereocenters. The van der Waals surface area contributed by atoms with Crippen LogP contribution in [-0.4, -0.2) is 16.0 Å². The van der Waals surface area contributed by atoms with Crippen LogP contribution in [0.2, 0.25) is 0 Å². The molecule has 0 radical (unpaired) electrons. The maximum absolute atomic E-state index is 13.5. The summed E-state index contributed by atoms with van der Waals surface area (Å²) in [4.78, 5) is 13.4. The number of benzene rings is 1. The van der Waals surface area contributed by atoms with E-state index in [9.17, 15) is 9.18 Å². The smallest absolute Gasteiger partial charge is 0.162 e. The Morgan fingerprint density at radius 1 is 1.21 bits per heavy atom. The topological polar surface area (TPSA) is 57.8 Å². The first-order chi connectivity index (χ1) is 13.3. The molecule has 0 amide bonds. The number of ketones is 1. The Labute approximate surface area is 164 Å². The number of hydrogen-bond donors (Lipinski definition) is 2. The molecule has 2 heterocycles. The molecule has 1 aromatic heterocycles. The molecule has 0 spiro atoms. The van der Waals surface area contributed by atoms with Gasteiger partial charge in [-0.05, 0) is 42.7 Å². The largest absolute Gasteiger partial charge is 0.342 e. The third-order valence-corrected chi connectivity index (χ3v) is 6.58. The molecule has 1 aromatic carbocycles. The first-order valence-electron chi connectivity index (χ1n) is 10.1. The minimum absolute atomic E-state index is 0.0856. The van der Waals surface area contributed by atoms with Gasteiger partial charge in [-0.25, -0.2) is 4.39 Å². The number of aromatic amines is 1. The molecule has 1 fully saturated rings. The van der Waals surface area contributed by atoms with Crippen molar-refractivity contribution in [2.24, 2.45) is 5.41 Å². The number of aromatic nitrogens is 2. The summed E-state index contributed by atoms with van der Waals surface area (Å²) in [6.07, 6.45) is 3.61. The van der Waals surface area contributed by atoms with Gasteiger partial charge in [-0.3, -0.25) is 9.89 Å². The monoisotopic (exact) mass is 379 g/mol. The van der Waals surface area contributed by atoms with Crippen LogP contribution in [-0.2, 0) is 16.9 Å². The number of alkyl halides is 1. The number of H-pyrrole nitrogens is 1. The van der Waals surface area contributed by atoms with Gasteiger partial charge in [0, 0.05) is 34.9 Å². The molecule has 2 N–H and O–H groups in total.